The summed E-state index contributed by atoms with van der Waals surface area (Å²) in [6.45, 7) is 1.82. The summed E-state index contributed by atoms with van der Waals surface area (Å²) in [5.41, 5.74) is -0.434. The van der Waals surface area contributed by atoms with Crippen LogP contribution in [0.4, 0.5) is 8.78 Å². The zero-order valence-electron chi connectivity index (χ0n) is 8.14. The van der Waals surface area contributed by atoms with Crippen molar-refractivity contribution in [2.24, 2.45) is 0 Å². The van der Waals surface area contributed by atoms with Gasteiger partial charge in [-0.2, -0.15) is 0 Å². The predicted molar refractivity (Wildman–Crippen MR) is 62.9 cm³/mol. The largest absolute Gasteiger partial charge is 0.462 e. The van der Waals surface area contributed by atoms with Crippen molar-refractivity contribution < 1.29 is 18.3 Å². The van der Waals surface area contributed by atoms with Crippen molar-refractivity contribution in [2.75, 3.05) is 6.61 Å². The average molecular weight is 362 g/mol. The Morgan fingerprint density at radius 2 is 2.31 bits per heavy atom. The molecule has 0 radical (unpaired) electrons. The first-order valence-corrected chi connectivity index (χ1v) is 5.73. The quantitative estimate of drug-likeness (QED) is 0.611. The lowest BCUT2D eigenvalue weighted by molar-refractivity contribution is 0.0525. The molecule has 0 N–H and O–H groups in total. The fourth-order valence-corrected chi connectivity index (χ4v) is 1.87. The smallest absolute Gasteiger partial charge is 0.341 e. The van der Waals surface area contributed by atoms with Crippen molar-refractivity contribution in [1.82, 2.24) is 4.98 Å². The minimum absolute atomic E-state index is 0.00248. The highest BCUT2D eigenvalue weighted by Crippen LogP contribution is 2.30. The van der Waals surface area contributed by atoms with E-state index in [4.69, 9.17) is 16.3 Å². The van der Waals surface area contributed by atoms with Gasteiger partial charge in [0.25, 0.3) is 6.43 Å². The Labute approximate surface area is 109 Å². The molecule has 0 aromatic carbocycles. The number of carbonyl (C=O) groups is 1. The van der Waals surface area contributed by atoms with E-state index in [1.54, 1.807) is 29.5 Å². The summed E-state index contributed by atoms with van der Waals surface area (Å²) in [7, 11) is 0. The molecule has 0 aliphatic heterocycles. The monoisotopic (exact) mass is 361 g/mol. The first kappa shape index (κ1) is 13.6. The minimum atomic E-state index is -2.72. The highest BCUT2D eigenvalue weighted by molar-refractivity contribution is 14.1. The molecule has 0 unspecified atom stereocenters. The third kappa shape index (κ3) is 2.79. The zero-order chi connectivity index (χ0) is 12.3. The number of hydrogen-bond donors (Lipinski definition) is 0. The molecule has 16 heavy (non-hydrogen) atoms. The Balaban J connectivity index is 3.16. The van der Waals surface area contributed by atoms with E-state index in [-0.39, 0.29) is 20.8 Å². The lowest BCUT2D eigenvalue weighted by atomic mass is 10.2. The maximum absolute atomic E-state index is 12.4. The van der Waals surface area contributed by atoms with Gasteiger partial charge >= 0.3 is 5.97 Å². The molecule has 88 valence electrons. The van der Waals surface area contributed by atoms with Crippen LogP contribution in [-0.4, -0.2) is 17.6 Å². The number of aromatic nitrogens is 1. The van der Waals surface area contributed by atoms with E-state index in [9.17, 15) is 13.6 Å². The number of nitrogens with zero attached hydrogens (tertiary/aromatic N) is 1. The fourth-order valence-electron chi connectivity index (χ4n) is 0.981. The predicted octanol–water partition coefficient (Wildman–Crippen LogP) is 3.45. The van der Waals surface area contributed by atoms with Crippen LogP contribution in [0.5, 0.6) is 0 Å². The van der Waals surface area contributed by atoms with Crippen LogP contribution in [0.15, 0.2) is 6.20 Å². The van der Waals surface area contributed by atoms with Crippen molar-refractivity contribution in [3.8, 4) is 0 Å². The summed E-state index contributed by atoms with van der Waals surface area (Å²) in [5, 5.41) is -0.0515. The van der Waals surface area contributed by atoms with Gasteiger partial charge in [-0.15, -0.1) is 0 Å². The summed E-state index contributed by atoms with van der Waals surface area (Å²) < 4.78 is 29.7. The molecule has 0 aliphatic rings. The van der Waals surface area contributed by atoms with Gasteiger partial charge in [0.2, 0.25) is 0 Å². The number of halogens is 4. The number of carbonyl (C=O) groups excluding carboxylic acids is 1. The Bertz CT molecular complexity index is 415. The van der Waals surface area contributed by atoms with E-state index in [1.165, 1.54) is 0 Å². The average Bonchev–Trinajstić information content (AvgIpc) is 2.21. The Hall–Kier alpha value is -0.500. The zero-order valence-corrected chi connectivity index (χ0v) is 11.1. The van der Waals surface area contributed by atoms with Crippen LogP contribution in [-0.2, 0) is 4.74 Å². The minimum Gasteiger partial charge on any atom is -0.462 e. The number of rotatable bonds is 3. The molecule has 1 heterocycles. The molecule has 3 nitrogen and oxygen atoms in total. The third-order valence-corrected chi connectivity index (χ3v) is 3.49. The first-order chi connectivity index (χ1) is 7.49. The van der Waals surface area contributed by atoms with E-state index < -0.39 is 18.1 Å². The maximum Gasteiger partial charge on any atom is 0.341 e. The molecule has 0 amide bonds. The molecule has 0 spiro atoms. The van der Waals surface area contributed by atoms with E-state index in [1.807, 2.05) is 0 Å². The van der Waals surface area contributed by atoms with Gasteiger partial charge in [0, 0.05) is 6.20 Å². The van der Waals surface area contributed by atoms with Gasteiger partial charge in [0.05, 0.1) is 20.8 Å². The van der Waals surface area contributed by atoms with Crippen molar-refractivity contribution in [3.63, 3.8) is 0 Å². The Morgan fingerprint density at radius 1 is 1.69 bits per heavy atom. The number of alkyl halides is 2. The van der Waals surface area contributed by atoms with Crippen molar-refractivity contribution >= 4 is 40.2 Å². The van der Waals surface area contributed by atoms with E-state index in [0.717, 1.165) is 6.20 Å². The second-order valence-electron chi connectivity index (χ2n) is 2.71. The number of esters is 1. The number of pyridine rings is 1. The molecule has 0 aliphatic carbocycles. The molecule has 1 aromatic rings. The van der Waals surface area contributed by atoms with Crippen LogP contribution in [0, 0.1) is 3.57 Å². The molecular formula is C9H7ClF2INO2. The summed E-state index contributed by atoms with van der Waals surface area (Å²) in [6.07, 6.45) is -1.72. The van der Waals surface area contributed by atoms with Crippen LogP contribution in [0.25, 0.3) is 0 Å². The van der Waals surface area contributed by atoms with Crippen LogP contribution in [0.2, 0.25) is 5.02 Å². The van der Waals surface area contributed by atoms with Crippen LogP contribution in [0.3, 0.4) is 0 Å². The molecule has 1 aromatic heterocycles. The van der Waals surface area contributed by atoms with E-state index in [2.05, 4.69) is 4.98 Å². The lowest BCUT2D eigenvalue weighted by Crippen LogP contribution is -2.08. The summed E-state index contributed by atoms with van der Waals surface area (Å²) in [6, 6.07) is 0. The van der Waals surface area contributed by atoms with Gasteiger partial charge in [-0.05, 0) is 29.5 Å². The van der Waals surface area contributed by atoms with Crippen molar-refractivity contribution in [1.29, 1.82) is 0 Å². The van der Waals surface area contributed by atoms with Gasteiger partial charge in [-0.3, -0.25) is 4.98 Å². The normalized spacial score (nSPS) is 10.6. The Kier molecular flexibility index (Phi) is 4.85. The third-order valence-electron chi connectivity index (χ3n) is 1.69. The van der Waals surface area contributed by atoms with Crippen molar-refractivity contribution in [3.05, 3.63) is 26.0 Å². The molecule has 0 bridgehead atoms. The maximum atomic E-state index is 12.4. The standard InChI is InChI=1S/C9H7ClF2INO2/c1-2-16-9(15)4-3-14-7(8(11)12)6(13)5(4)10/h3,8H,2H2,1H3. The highest BCUT2D eigenvalue weighted by Gasteiger charge is 2.21. The summed E-state index contributed by atoms with van der Waals surface area (Å²) in [4.78, 5) is 14.9. The van der Waals surface area contributed by atoms with Crippen molar-refractivity contribution in [2.45, 2.75) is 13.3 Å². The molecular weight excluding hydrogens is 354 g/mol. The molecule has 0 saturated heterocycles. The fraction of sp³-hybridized carbons (Fsp3) is 0.333. The van der Waals surface area contributed by atoms with Gasteiger partial charge in [-0.25, -0.2) is 13.6 Å². The summed E-state index contributed by atoms with van der Waals surface area (Å²) >= 11 is 7.42. The SMILES string of the molecule is CCOC(=O)c1cnc(C(F)F)c(I)c1Cl. The lowest BCUT2D eigenvalue weighted by Gasteiger charge is -2.08. The second kappa shape index (κ2) is 5.72. The molecule has 7 heteroatoms. The van der Waals surface area contributed by atoms with Gasteiger partial charge in [0.15, 0.2) is 0 Å². The van der Waals surface area contributed by atoms with E-state index >= 15 is 0 Å². The molecule has 0 saturated carbocycles. The van der Waals surface area contributed by atoms with Crippen LogP contribution in [0.1, 0.15) is 29.4 Å². The highest BCUT2D eigenvalue weighted by atomic mass is 127. The molecule has 0 atom stereocenters. The van der Waals surface area contributed by atoms with E-state index in [0.29, 0.717) is 0 Å². The first-order valence-electron chi connectivity index (χ1n) is 4.28. The topological polar surface area (TPSA) is 39.2 Å². The van der Waals surface area contributed by atoms with Gasteiger partial charge in [0.1, 0.15) is 5.69 Å². The number of ether oxygens (including phenoxy) is 1. The van der Waals surface area contributed by atoms with Gasteiger partial charge < -0.3 is 4.74 Å². The molecule has 0 fully saturated rings. The molecule has 1 rings (SSSR count). The van der Waals surface area contributed by atoms with Gasteiger partial charge in [-0.1, -0.05) is 11.6 Å². The van der Waals surface area contributed by atoms with Crippen LogP contribution < -0.4 is 0 Å². The second-order valence-corrected chi connectivity index (χ2v) is 4.16. The van der Waals surface area contributed by atoms with Crippen LogP contribution >= 0.6 is 34.2 Å². The number of hydrogen-bond acceptors (Lipinski definition) is 3. The summed E-state index contributed by atoms with van der Waals surface area (Å²) in [5.74, 6) is -0.668. The Morgan fingerprint density at radius 3 is 2.81 bits per heavy atom.